The molecule has 1 aliphatic carbocycles. The molecule has 130 valence electrons. The van der Waals surface area contributed by atoms with E-state index in [0.717, 1.165) is 12.8 Å². The Balaban J connectivity index is 0.00000169. The molecule has 2 aliphatic rings. The summed E-state index contributed by atoms with van der Waals surface area (Å²) in [6.07, 6.45) is 3.53. The molecule has 3 unspecified atom stereocenters. The highest BCUT2D eigenvalue weighted by Crippen LogP contribution is 2.40. The first kappa shape index (κ1) is 17.4. The monoisotopic (exact) mass is 369 g/mol. The molecule has 1 saturated heterocycles. The molecule has 0 bridgehead atoms. The fourth-order valence-corrected chi connectivity index (χ4v) is 5.58. The summed E-state index contributed by atoms with van der Waals surface area (Å²) < 4.78 is 33.0. The first-order chi connectivity index (χ1) is 11.1. The highest BCUT2D eigenvalue weighted by atomic mass is 35.5. The van der Waals surface area contributed by atoms with E-state index < -0.39 is 10.0 Å². The first-order valence-corrected chi connectivity index (χ1v) is 9.27. The summed E-state index contributed by atoms with van der Waals surface area (Å²) in [7, 11) is -3.57. The third-order valence-electron chi connectivity index (χ3n) is 5.09. The van der Waals surface area contributed by atoms with Gasteiger partial charge in [-0.3, -0.25) is 0 Å². The van der Waals surface area contributed by atoms with E-state index >= 15 is 0 Å². The van der Waals surface area contributed by atoms with E-state index in [0.29, 0.717) is 30.3 Å². The van der Waals surface area contributed by atoms with Crippen molar-refractivity contribution in [2.24, 2.45) is 17.6 Å². The molecule has 1 saturated carbocycles. The molecule has 8 heteroatoms. The van der Waals surface area contributed by atoms with Crippen molar-refractivity contribution in [1.82, 2.24) is 9.46 Å². The van der Waals surface area contributed by atoms with Crippen molar-refractivity contribution in [2.45, 2.75) is 23.8 Å². The summed E-state index contributed by atoms with van der Waals surface area (Å²) in [6, 6.07) is 8.69. The van der Waals surface area contributed by atoms with Crippen LogP contribution in [0.2, 0.25) is 0 Å². The minimum absolute atomic E-state index is 0. The topological polar surface area (TPSA) is 89.4 Å². The van der Waals surface area contributed by atoms with Gasteiger partial charge in [0.15, 0.2) is 5.76 Å². The second kappa shape index (κ2) is 6.48. The molecule has 2 aromatic rings. The van der Waals surface area contributed by atoms with Crippen molar-refractivity contribution in [3.63, 3.8) is 0 Å². The summed E-state index contributed by atoms with van der Waals surface area (Å²) in [5.41, 5.74) is 6.67. The van der Waals surface area contributed by atoms with Crippen LogP contribution in [0.3, 0.4) is 0 Å². The largest absolute Gasteiger partial charge is 0.356 e. The molecule has 24 heavy (non-hydrogen) atoms. The van der Waals surface area contributed by atoms with Gasteiger partial charge in [-0.15, -0.1) is 12.4 Å². The normalized spacial score (nSPS) is 27.0. The molecule has 1 aromatic carbocycles. The van der Waals surface area contributed by atoms with Crippen molar-refractivity contribution in [2.75, 3.05) is 13.1 Å². The van der Waals surface area contributed by atoms with E-state index in [4.69, 9.17) is 10.3 Å². The van der Waals surface area contributed by atoms with Crippen LogP contribution in [0.1, 0.15) is 12.8 Å². The second-order valence-corrected chi connectivity index (χ2v) is 8.27. The molecular weight excluding hydrogens is 350 g/mol. The van der Waals surface area contributed by atoms with Gasteiger partial charge >= 0.3 is 0 Å². The van der Waals surface area contributed by atoms with E-state index in [1.807, 2.05) is 0 Å². The van der Waals surface area contributed by atoms with Crippen LogP contribution in [-0.2, 0) is 10.0 Å². The van der Waals surface area contributed by atoms with Crippen molar-refractivity contribution >= 4 is 22.4 Å². The van der Waals surface area contributed by atoms with Crippen molar-refractivity contribution in [1.29, 1.82) is 0 Å². The van der Waals surface area contributed by atoms with Crippen molar-refractivity contribution in [3.8, 4) is 11.3 Å². The lowest BCUT2D eigenvalue weighted by Crippen LogP contribution is -2.33. The Labute approximate surface area is 147 Å². The van der Waals surface area contributed by atoms with Gasteiger partial charge in [-0.1, -0.05) is 17.3 Å². The van der Waals surface area contributed by atoms with Crippen LogP contribution in [0.15, 0.2) is 45.9 Å². The van der Waals surface area contributed by atoms with Gasteiger partial charge in [0.1, 0.15) is 0 Å². The Kier molecular flexibility index (Phi) is 4.70. The molecule has 1 aromatic heterocycles. The molecule has 3 atom stereocenters. The average molecular weight is 370 g/mol. The Hall–Kier alpha value is -1.41. The molecular formula is C16H20ClN3O3S. The SMILES string of the molecule is Cl.NC1CCC2CN(S(=O)(=O)c3ccccc3-c3ccno3)CC12. The van der Waals surface area contributed by atoms with Crippen LogP contribution in [-0.4, -0.2) is 37.0 Å². The molecule has 0 amide bonds. The molecule has 2 fully saturated rings. The van der Waals surface area contributed by atoms with Gasteiger partial charge in [0, 0.05) is 30.8 Å². The van der Waals surface area contributed by atoms with Gasteiger partial charge < -0.3 is 10.3 Å². The van der Waals surface area contributed by atoms with E-state index in [2.05, 4.69) is 5.16 Å². The van der Waals surface area contributed by atoms with Crippen LogP contribution in [0.4, 0.5) is 0 Å². The van der Waals surface area contributed by atoms with E-state index in [1.165, 1.54) is 6.20 Å². The number of sulfonamides is 1. The molecule has 6 nitrogen and oxygen atoms in total. The van der Waals surface area contributed by atoms with Gasteiger partial charge in [-0.25, -0.2) is 8.42 Å². The molecule has 2 heterocycles. The lowest BCUT2D eigenvalue weighted by Gasteiger charge is -2.20. The van der Waals surface area contributed by atoms with Crippen LogP contribution >= 0.6 is 12.4 Å². The zero-order valence-electron chi connectivity index (χ0n) is 13.0. The number of fused-ring (bicyclic) bond motifs is 1. The Morgan fingerprint density at radius 2 is 1.96 bits per heavy atom. The van der Waals surface area contributed by atoms with Gasteiger partial charge in [-0.05, 0) is 36.8 Å². The lowest BCUT2D eigenvalue weighted by atomic mass is 9.98. The quantitative estimate of drug-likeness (QED) is 0.895. The third kappa shape index (κ3) is 2.75. The fourth-order valence-electron chi connectivity index (χ4n) is 3.85. The number of nitrogens with zero attached hydrogens (tertiary/aromatic N) is 2. The minimum atomic E-state index is -3.57. The summed E-state index contributed by atoms with van der Waals surface area (Å²) in [5, 5.41) is 3.68. The molecule has 1 aliphatic heterocycles. The highest BCUT2D eigenvalue weighted by Gasteiger charge is 2.45. The first-order valence-electron chi connectivity index (χ1n) is 7.83. The van der Waals surface area contributed by atoms with Gasteiger partial charge in [-0.2, -0.15) is 4.31 Å². The van der Waals surface area contributed by atoms with Gasteiger partial charge in [0.2, 0.25) is 10.0 Å². The summed E-state index contributed by atoms with van der Waals surface area (Å²) in [6.45, 7) is 1.07. The maximum absolute atomic E-state index is 13.1. The summed E-state index contributed by atoms with van der Waals surface area (Å²) >= 11 is 0. The summed E-state index contributed by atoms with van der Waals surface area (Å²) in [4.78, 5) is 0.269. The average Bonchev–Trinajstić information content (AvgIpc) is 3.26. The van der Waals surface area contributed by atoms with Crippen LogP contribution in [0.5, 0.6) is 0 Å². The van der Waals surface area contributed by atoms with Gasteiger partial charge in [0.25, 0.3) is 0 Å². The number of hydrogen-bond acceptors (Lipinski definition) is 5. The fraction of sp³-hybridized carbons (Fsp3) is 0.438. The van der Waals surface area contributed by atoms with Crippen LogP contribution in [0.25, 0.3) is 11.3 Å². The molecule has 4 rings (SSSR count). The zero-order valence-corrected chi connectivity index (χ0v) is 14.7. The van der Waals surface area contributed by atoms with E-state index in [-0.39, 0.29) is 29.3 Å². The zero-order chi connectivity index (χ0) is 16.0. The van der Waals surface area contributed by atoms with Crippen LogP contribution in [0, 0.1) is 11.8 Å². The molecule has 0 spiro atoms. The number of benzene rings is 1. The second-order valence-electron chi connectivity index (χ2n) is 6.36. The minimum Gasteiger partial charge on any atom is -0.356 e. The Bertz CT molecular complexity index is 810. The number of halogens is 1. The van der Waals surface area contributed by atoms with Crippen LogP contribution < -0.4 is 5.73 Å². The Morgan fingerprint density at radius 3 is 2.67 bits per heavy atom. The number of rotatable bonds is 3. The maximum Gasteiger partial charge on any atom is 0.243 e. The number of nitrogens with two attached hydrogens (primary N) is 1. The standard InChI is InChI=1S/C16H19N3O3S.ClH/c17-14-6-5-11-9-19(10-13(11)14)23(20,21)16-4-2-1-3-12(16)15-7-8-18-22-15;/h1-4,7-8,11,13-14H,5-6,9-10,17H2;1H. The maximum atomic E-state index is 13.1. The predicted octanol–water partition coefficient (Wildman–Crippen LogP) is 2.12. The molecule has 2 N–H and O–H groups in total. The highest BCUT2D eigenvalue weighted by molar-refractivity contribution is 7.89. The van der Waals surface area contributed by atoms with E-state index in [1.54, 1.807) is 34.6 Å². The van der Waals surface area contributed by atoms with Crippen molar-refractivity contribution in [3.05, 3.63) is 36.5 Å². The summed E-state index contributed by atoms with van der Waals surface area (Å²) in [5.74, 6) is 1.12. The smallest absolute Gasteiger partial charge is 0.243 e. The van der Waals surface area contributed by atoms with Crippen molar-refractivity contribution < 1.29 is 12.9 Å². The molecule has 0 radical (unpaired) electrons. The Morgan fingerprint density at radius 1 is 1.17 bits per heavy atom. The van der Waals surface area contributed by atoms with Gasteiger partial charge in [0.05, 0.1) is 11.1 Å². The lowest BCUT2D eigenvalue weighted by molar-refractivity contribution is 0.424. The van der Waals surface area contributed by atoms with E-state index in [9.17, 15) is 8.42 Å². The predicted molar refractivity (Wildman–Crippen MR) is 92.1 cm³/mol. The number of hydrogen-bond donors (Lipinski definition) is 1. The number of aromatic nitrogens is 1. The third-order valence-corrected chi connectivity index (χ3v) is 6.98.